The number of hydrogen-bond acceptors (Lipinski definition) is 4. The quantitative estimate of drug-likeness (QED) is 0.294. The zero-order valence-electron chi connectivity index (χ0n) is 10.2. The number of nitrogens with zero attached hydrogens (tertiary/aromatic N) is 3. The minimum atomic E-state index is -1.20. The van der Waals surface area contributed by atoms with Crippen LogP contribution in [-0.4, -0.2) is 32.0 Å². The van der Waals surface area contributed by atoms with Crippen molar-refractivity contribution >= 4 is 11.9 Å². The van der Waals surface area contributed by atoms with Gasteiger partial charge in [0.2, 0.25) is 0 Å². The summed E-state index contributed by atoms with van der Waals surface area (Å²) < 4.78 is 0.864. The van der Waals surface area contributed by atoms with Crippen molar-refractivity contribution in [3.63, 3.8) is 0 Å². The predicted molar refractivity (Wildman–Crippen MR) is 61.6 cm³/mol. The minimum Gasteiger partial charge on any atom is -0.463 e. The molecule has 0 atom stereocenters. The molecule has 0 aliphatic heterocycles. The molecule has 7 nitrogen and oxygen atoms in total. The normalized spacial score (nSPS) is 12.8. The maximum absolute atomic E-state index is 11.1. The highest BCUT2D eigenvalue weighted by atomic mass is 16.4. The number of nitrogens with two attached hydrogens (primary N) is 1. The van der Waals surface area contributed by atoms with E-state index >= 15 is 0 Å². The molecule has 4 N–H and O–H groups in total. The zero-order valence-corrected chi connectivity index (χ0v) is 10.2. The topological polar surface area (TPSA) is 114 Å². The first kappa shape index (κ1) is 13.0. The van der Waals surface area contributed by atoms with Crippen LogP contribution in [0.4, 0.5) is 4.79 Å². The van der Waals surface area contributed by atoms with Gasteiger partial charge in [0.15, 0.2) is 5.84 Å². The first-order chi connectivity index (χ1) is 7.70. The molecular formula is C10H16N4O3. The van der Waals surface area contributed by atoms with E-state index in [1.165, 1.54) is 0 Å². The summed E-state index contributed by atoms with van der Waals surface area (Å²) in [6, 6.07) is 0. The van der Waals surface area contributed by atoms with E-state index < -0.39 is 11.5 Å². The van der Waals surface area contributed by atoms with Crippen molar-refractivity contribution in [2.24, 2.45) is 10.9 Å². The Labute approximate surface area is 98.5 Å². The number of hydrogen-bond donors (Lipinski definition) is 3. The number of amidine groups is 1. The molecule has 0 amide bonds. The maximum Gasteiger partial charge on any atom is 0.432 e. The molecule has 1 aromatic rings. The fourth-order valence-electron chi connectivity index (χ4n) is 1.72. The standard InChI is InChI=1S/C10H16N4O3/c1-5-6(8(11)13-17)7(10(2,3)4)14(12-5)9(15)16/h17H,1-4H3,(H2,11,13)(H,15,16). The molecule has 0 fully saturated rings. The summed E-state index contributed by atoms with van der Waals surface area (Å²) in [6.45, 7) is 7.10. The van der Waals surface area contributed by atoms with Gasteiger partial charge in [0.1, 0.15) is 0 Å². The van der Waals surface area contributed by atoms with Gasteiger partial charge in [-0.15, -0.1) is 0 Å². The first-order valence-electron chi connectivity index (χ1n) is 5.01. The molecule has 0 aromatic carbocycles. The molecule has 1 rings (SSSR count). The molecule has 0 bridgehead atoms. The maximum atomic E-state index is 11.1. The second kappa shape index (κ2) is 4.08. The lowest BCUT2D eigenvalue weighted by atomic mass is 9.88. The van der Waals surface area contributed by atoms with Gasteiger partial charge in [-0.3, -0.25) is 0 Å². The monoisotopic (exact) mass is 240 g/mol. The highest BCUT2D eigenvalue weighted by Crippen LogP contribution is 2.27. The Kier molecular flexibility index (Phi) is 3.12. The molecule has 1 heterocycles. The van der Waals surface area contributed by atoms with Crippen LogP contribution in [-0.2, 0) is 5.41 Å². The summed E-state index contributed by atoms with van der Waals surface area (Å²) in [7, 11) is 0. The Morgan fingerprint density at radius 1 is 1.47 bits per heavy atom. The molecule has 1 aromatic heterocycles. The van der Waals surface area contributed by atoms with Gasteiger partial charge in [-0.1, -0.05) is 25.9 Å². The fourth-order valence-corrected chi connectivity index (χ4v) is 1.72. The third-order valence-corrected chi connectivity index (χ3v) is 2.32. The van der Waals surface area contributed by atoms with Crippen LogP contribution in [0.5, 0.6) is 0 Å². The van der Waals surface area contributed by atoms with Gasteiger partial charge >= 0.3 is 6.09 Å². The van der Waals surface area contributed by atoms with Gasteiger partial charge in [0, 0.05) is 5.41 Å². The molecule has 0 radical (unpaired) electrons. The van der Waals surface area contributed by atoms with Crippen molar-refractivity contribution in [3.05, 3.63) is 17.0 Å². The number of rotatable bonds is 1. The van der Waals surface area contributed by atoms with E-state index in [-0.39, 0.29) is 5.84 Å². The minimum absolute atomic E-state index is 0.139. The Morgan fingerprint density at radius 2 is 2.00 bits per heavy atom. The van der Waals surface area contributed by atoms with Gasteiger partial charge in [0.25, 0.3) is 0 Å². The van der Waals surface area contributed by atoms with Crippen molar-refractivity contribution in [3.8, 4) is 0 Å². The van der Waals surface area contributed by atoms with E-state index in [1.807, 2.05) is 20.8 Å². The highest BCUT2D eigenvalue weighted by Gasteiger charge is 2.30. The SMILES string of the molecule is Cc1nn(C(=O)O)c(C(C)(C)C)c1C(N)=NO. The van der Waals surface area contributed by atoms with E-state index in [0.29, 0.717) is 17.0 Å². The number of aromatic nitrogens is 2. The summed E-state index contributed by atoms with van der Waals surface area (Å²) in [5.74, 6) is -0.139. The van der Waals surface area contributed by atoms with Gasteiger partial charge in [-0.25, -0.2) is 4.79 Å². The highest BCUT2D eigenvalue weighted by molar-refractivity contribution is 6.00. The average Bonchev–Trinajstić information content (AvgIpc) is 2.54. The molecule has 0 saturated heterocycles. The second-order valence-corrected chi connectivity index (χ2v) is 4.74. The molecule has 0 unspecified atom stereocenters. The molecule has 0 saturated carbocycles. The number of carbonyl (C=O) groups is 1. The van der Waals surface area contributed by atoms with Crippen LogP contribution in [0.1, 0.15) is 37.7 Å². The Hall–Kier alpha value is -2.05. The lowest BCUT2D eigenvalue weighted by Gasteiger charge is -2.20. The molecule has 0 aliphatic carbocycles. The second-order valence-electron chi connectivity index (χ2n) is 4.74. The van der Waals surface area contributed by atoms with Crippen LogP contribution in [0, 0.1) is 6.92 Å². The predicted octanol–water partition coefficient (Wildman–Crippen LogP) is 1.11. The number of aryl methyl sites for hydroxylation is 1. The largest absolute Gasteiger partial charge is 0.463 e. The molecular weight excluding hydrogens is 224 g/mol. The summed E-state index contributed by atoms with van der Waals surface area (Å²) in [4.78, 5) is 11.1. The van der Waals surface area contributed by atoms with E-state index in [2.05, 4.69) is 10.3 Å². The van der Waals surface area contributed by atoms with Crippen molar-refractivity contribution in [2.75, 3.05) is 0 Å². The fraction of sp³-hybridized carbons (Fsp3) is 0.500. The van der Waals surface area contributed by atoms with Crippen LogP contribution in [0.25, 0.3) is 0 Å². The Balaban J connectivity index is 3.66. The van der Waals surface area contributed by atoms with Crippen molar-refractivity contribution in [1.29, 1.82) is 0 Å². The lowest BCUT2D eigenvalue weighted by Crippen LogP contribution is -2.27. The number of carboxylic acid groups (broad SMARTS) is 1. The van der Waals surface area contributed by atoms with E-state index in [0.717, 1.165) is 4.68 Å². The Bertz CT molecular complexity index is 482. The molecule has 94 valence electrons. The average molecular weight is 240 g/mol. The lowest BCUT2D eigenvalue weighted by molar-refractivity contribution is 0.190. The summed E-state index contributed by atoms with van der Waals surface area (Å²) >= 11 is 0. The van der Waals surface area contributed by atoms with Gasteiger partial charge in [-0.05, 0) is 6.92 Å². The van der Waals surface area contributed by atoms with Crippen LogP contribution < -0.4 is 5.73 Å². The van der Waals surface area contributed by atoms with Crippen LogP contribution in [0.15, 0.2) is 5.16 Å². The molecule has 17 heavy (non-hydrogen) atoms. The third kappa shape index (κ3) is 2.22. The molecule has 0 aliphatic rings. The third-order valence-electron chi connectivity index (χ3n) is 2.32. The van der Waals surface area contributed by atoms with E-state index in [4.69, 9.17) is 16.0 Å². The molecule has 0 spiro atoms. The van der Waals surface area contributed by atoms with Crippen molar-refractivity contribution < 1.29 is 15.1 Å². The van der Waals surface area contributed by atoms with Crippen LogP contribution in [0.2, 0.25) is 0 Å². The number of oxime groups is 1. The van der Waals surface area contributed by atoms with E-state index in [1.54, 1.807) is 6.92 Å². The van der Waals surface area contributed by atoms with Crippen molar-refractivity contribution in [2.45, 2.75) is 33.1 Å². The zero-order chi connectivity index (χ0) is 13.4. The summed E-state index contributed by atoms with van der Waals surface area (Å²) in [6.07, 6.45) is -1.20. The smallest absolute Gasteiger partial charge is 0.432 e. The van der Waals surface area contributed by atoms with Gasteiger partial charge < -0.3 is 16.0 Å². The van der Waals surface area contributed by atoms with Gasteiger partial charge in [0.05, 0.1) is 17.0 Å². The van der Waals surface area contributed by atoms with Crippen LogP contribution in [0.3, 0.4) is 0 Å². The van der Waals surface area contributed by atoms with Crippen molar-refractivity contribution in [1.82, 2.24) is 9.78 Å². The summed E-state index contributed by atoms with van der Waals surface area (Å²) in [5.41, 5.74) is 6.24. The Morgan fingerprint density at radius 3 is 2.35 bits per heavy atom. The first-order valence-corrected chi connectivity index (χ1v) is 5.01. The van der Waals surface area contributed by atoms with E-state index in [9.17, 15) is 4.79 Å². The molecule has 7 heteroatoms. The van der Waals surface area contributed by atoms with Crippen LogP contribution >= 0.6 is 0 Å². The summed E-state index contributed by atoms with van der Waals surface area (Å²) in [5, 5.41) is 24.6. The van der Waals surface area contributed by atoms with Gasteiger partial charge in [-0.2, -0.15) is 9.78 Å².